The lowest BCUT2D eigenvalue weighted by molar-refractivity contribution is 0.0942. The van der Waals surface area contributed by atoms with Crippen LogP contribution in [0.5, 0.6) is 5.75 Å². The largest absolute Gasteiger partial charge is 0.493 e. The zero-order valence-electron chi connectivity index (χ0n) is 16.1. The molecule has 2 unspecified atom stereocenters. The molecule has 1 amide bonds. The molecule has 2 heterocycles. The van der Waals surface area contributed by atoms with Crippen LogP contribution in [-0.2, 0) is 0 Å². The van der Waals surface area contributed by atoms with E-state index < -0.39 is 0 Å². The van der Waals surface area contributed by atoms with Crippen LogP contribution in [0.2, 0.25) is 0 Å². The van der Waals surface area contributed by atoms with Gasteiger partial charge in [0.25, 0.3) is 5.91 Å². The number of amides is 1. The average molecular weight is 397 g/mol. The summed E-state index contributed by atoms with van der Waals surface area (Å²) in [5.74, 6) is 2.79. The van der Waals surface area contributed by atoms with Gasteiger partial charge in [0.05, 0.1) is 6.61 Å². The Morgan fingerprint density at radius 2 is 2.14 bits per heavy atom. The van der Waals surface area contributed by atoms with Gasteiger partial charge in [0.15, 0.2) is 11.5 Å². The molecule has 146 valence electrons. The number of carbonyl (C=O) groups excluding carboxylic acids is 1. The number of nitrogens with one attached hydrogen (secondary N) is 1. The molecular formula is C22H24N2O3S. The number of thiophene rings is 1. The zero-order valence-corrected chi connectivity index (χ0v) is 16.9. The summed E-state index contributed by atoms with van der Waals surface area (Å²) in [4.78, 5) is 13.8. The Hall–Kier alpha value is -2.60. The Morgan fingerprint density at radius 1 is 1.32 bits per heavy atom. The van der Waals surface area contributed by atoms with Crippen LogP contribution < -0.4 is 10.1 Å². The number of aromatic nitrogens is 1. The minimum Gasteiger partial charge on any atom is -0.493 e. The van der Waals surface area contributed by atoms with E-state index in [0.717, 1.165) is 17.7 Å². The monoisotopic (exact) mass is 396 g/mol. The molecule has 1 fully saturated rings. The normalized spacial score (nSPS) is 18.2. The molecular weight excluding hydrogens is 372 g/mol. The summed E-state index contributed by atoms with van der Waals surface area (Å²) in [6.07, 6.45) is 1.14. The lowest BCUT2D eigenvalue weighted by atomic mass is 10.1. The van der Waals surface area contributed by atoms with Crippen LogP contribution >= 0.6 is 11.3 Å². The van der Waals surface area contributed by atoms with Crippen LogP contribution in [0.4, 0.5) is 0 Å². The summed E-state index contributed by atoms with van der Waals surface area (Å²) in [5.41, 5.74) is 1.17. The van der Waals surface area contributed by atoms with Gasteiger partial charge in [-0.1, -0.05) is 25.1 Å². The third-order valence-corrected chi connectivity index (χ3v) is 5.83. The lowest BCUT2D eigenvalue weighted by Gasteiger charge is -2.08. The number of hydrogen-bond acceptors (Lipinski definition) is 5. The topological polar surface area (TPSA) is 64.4 Å². The van der Waals surface area contributed by atoms with Crippen molar-refractivity contribution in [3.63, 3.8) is 0 Å². The predicted octanol–water partition coefficient (Wildman–Crippen LogP) is 4.97. The highest BCUT2D eigenvalue weighted by Crippen LogP contribution is 2.48. The first kappa shape index (κ1) is 18.7. The maximum Gasteiger partial charge on any atom is 0.273 e. The molecule has 3 aromatic rings. The maximum atomic E-state index is 12.4. The number of carbonyl (C=O) groups is 1. The van der Waals surface area contributed by atoms with E-state index in [0.29, 0.717) is 42.4 Å². The minimum atomic E-state index is -0.191. The number of nitrogens with zero attached hydrogens (tertiary/aromatic N) is 1. The van der Waals surface area contributed by atoms with Crippen molar-refractivity contribution in [2.45, 2.75) is 26.2 Å². The molecule has 2 atom stereocenters. The molecule has 6 heteroatoms. The lowest BCUT2D eigenvalue weighted by Crippen LogP contribution is -2.26. The quantitative estimate of drug-likeness (QED) is 0.584. The third-order valence-electron chi connectivity index (χ3n) is 4.82. The van der Waals surface area contributed by atoms with E-state index in [1.165, 1.54) is 4.88 Å². The fourth-order valence-electron chi connectivity index (χ4n) is 3.13. The van der Waals surface area contributed by atoms with E-state index in [-0.39, 0.29) is 5.91 Å². The Balaban J connectivity index is 1.30. The highest BCUT2D eigenvalue weighted by Gasteiger charge is 2.39. The minimum absolute atomic E-state index is 0.191. The van der Waals surface area contributed by atoms with Crippen LogP contribution in [0.1, 0.15) is 41.6 Å². The third kappa shape index (κ3) is 4.44. The SMILES string of the molecule is CC(C)COc1ccc(-c2cc(C(=O)NCC3CC3c3cccs3)no2)cc1. The summed E-state index contributed by atoms with van der Waals surface area (Å²) in [6, 6.07) is 13.5. The van der Waals surface area contributed by atoms with Crippen LogP contribution in [0.25, 0.3) is 11.3 Å². The predicted molar refractivity (Wildman–Crippen MR) is 110 cm³/mol. The van der Waals surface area contributed by atoms with E-state index in [1.807, 2.05) is 24.3 Å². The number of benzene rings is 1. The maximum absolute atomic E-state index is 12.4. The van der Waals surface area contributed by atoms with Crippen molar-refractivity contribution in [3.8, 4) is 17.1 Å². The van der Waals surface area contributed by atoms with Crippen molar-refractivity contribution in [2.75, 3.05) is 13.2 Å². The summed E-state index contributed by atoms with van der Waals surface area (Å²) >= 11 is 1.79. The van der Waals surface area contributed by atoms with E-state index in [1.54, 1.807) is 17.4 Å². The highest BCUT2D eigenvalue weighted by molar-refractivity contribution is 7.10. The van der Waals surface area contributed by atoms with Crippen molar-refractivity contribution < 1.29 is 14.1 Å². The summed E-state index contributed by atoms with van der Waals surface area (Å²) < 4.78 is 11.1. The summed E-state index contributed by atoms with van der Waals surface area (Å²) in [7, 11) is 0. The molecule has 0 aliphatic heterocycles. The van der Waals surface area contributed by atoms with Crippen LogP contribution in [0.15, 0.2) is 52.4 Å². The van der Waals surface area contributed by atoms with Gasteiger partial charge < -0.3 is 14.6 Å². The fourth-order valence-corrected chi connectivity index (χ4v) is 4.07. The number of hydrogen-bond donors (Lipinski definition) is 1. The molecule has 0 saturated heterocycles. The molecule has 4 rings (SSSR count). The van der Waals surface area contributed by atoms with Gasteiger partial charge in [-0.3, -0.25) is 4.79 Å². The molecule has 28 heavy (non-hydrogen) atoms. The van der Waals surface area contributed by atoms with Gasteiger partial charge in [-0.25, -0.2) is 0 Å². The van der Waals surface area contributed by atoms with Crippen LogP contribution in [0.3, 0.4) is 0 Å². The molecule has 0 bridgehead atoms. The van der Waals surface area contributed by atoms with Crippen molar-refractivity contribution in [2.24, 2.45) is 11.8 Å². The second-order valence-electron chi connectivity index (χ2n) is 7.63. The molecule has 1 aliphatic carbocycles. The van der Waals surface area contributed by atoms with Crippen LogP contribution in [0, 0.1) is 11.8 Å². The highest BCUT2D eigenvalue weighted by atomic mass is 32.1. The molecule has 1 N–H and O–H groups in total. The molecule has 2 aromatic heterocycles. The molecule has 1 saturated carbocycles. The number of rotatable bonds is 8. The van der Waals surface area contributed by atoms with Gasteiger partial charge in [-0.2, -0.15) is 0 Å². The van der Waals surface area contributed by atoms with E-state index in [2.05, 4.69) is 41.8 Å². The second-order valence-corrected chi connectivity index (χ2v) is 8.61. The van der Waals surface area contributed by atoms with E-state index in [4.69, 9.17) is 9.26 Å². The average Bonchev–Trinajstić information content (AvgIpc) is 3.11. The van der Waals surface area contributed by atoms with Crippen molar-refractivity contribution in [3.05, 3.63) is 58.4 Å². The van der Waals surface area contributed by atoms with E-state index >= 15 is 0 Å². The van der Waals surface area contributed by atoms with Crippen LogP contribution in [-0.4, -0.2) is 24.2 Å². The number of ether oxygens (including phenoxy) is 1. The van der Waals surface area contributed by atoms with Gasteiger partial charge in [-0.05, 0) is 59.9 Å². The van der Waals surface area contributed by atoms with Crippen molar-refractivity contribution >= 4 is 17.2 Å². The Labute approximate surface area is 168 Å². The van der Waals surface area contributed by atoms with Gasteiger partial charge in [0.1, 0.15) is 5.75 Å². The molecule has 0 radical (unpaired) electrons. The first-order valence-electron chi connectivity index (χ1n) is 9.61. The Bertz CT molecular complexity index is 916. The van der Waals surface area contributed by atoms with Gasteiger partial charge in [0, 0.05) is 23.1 Å². The summed E-state index contributed by atoms with van der Waals surface area (Å²) in [6.45, 7) is 5.58. The molecule has 1 aromatic carbocycles. The standard InChI is InChI=1S/C22H24N2O3S/c1-14(2)13-26-17-7-5-15(6-8-17)20-11-19(24-27-20)22(25)23-12-16-10-18(16)21-4-3-9-28-21/h3-9,11,14,16,18H,10,12-13H2,1-2H3,(H,23,25). The van der Waals surface area contributed by atoms with Crippen molar-refractivity contribution in [1.82, 2.24) is 10.5 Å². The van der Waals surface area contributed by atoms with Gasteiger partial charge in [-0.15, -0.1) is 11.3 Å². The smallest absolute Gasteiger partial charge is 0.273 e. The first-order chi connectivity index (χ1) is 13.6. The molecule has 1 aliphatic rings. The van der Waals surface area contributed by atoms with Gasteiger partial charge >= 0.3 is 0 Å². The molecule has 0 spiro atoms. The fraction of sp³-hybridized carbons (Fsp3) is 0.364. The first-order valence-corrected chi connectivity index (χ1v) is 10.5. The zero-order chi connectivity index (χ0) is 19.5. The summed E-state index contributed by atoms with van der Waals surface area (Å²) in [5, 5.41) is 9.00. The Morgan fingerprint density at radius 3 is 2.86 bits per heavy atom. The van der Waals surface area contributed by atoms with Gasteiger partial charge in [0.2, 0.25) is 0 Å². The second kappa shape index (κ2) is 8.19. The molecule has 5 nitrogen and oxygen atoms in total. The van der Waals surface area contributed by atoms with E-state index in [9.17, 15) is 4.79 Å². The van der Waals surface area contributed by atoms with Crippen molar-refractivity contribution in [1.29, 1.82) is 0 Å². The Kier molecular flexibility index (Phi) is 5.48.